The van der Waals surface area contributed by atoms with Crippen LogP contribution in [0.15, 0.2) is 66.7 Å². The van der Waals surface area contributed by atoms with Crippen LogP contribution in [-0.4, -0.2) is 57.4 Å². The number of piperidine rings is 1. The number of aliphatic imine (C=N–C) groups is 1. The van der Waals surface area contributed by atoms with Crippen molar-refractivity contribution in [3.8, 4) is 28.1 Å². The van der Waals surface area contributed by atoms with Crippen LogP contribution >= 0.6 is 0 Å². The topological polar surface area (TPSA) is 67.9 Å². The molecule has 0 N–H and O–H groups in total. The standard InChI is InChI=1S/C27H28N6O/c1-3-22-23(8-7-9-25(22)28-2)24-18-31-33-19-21(17-30-27(24)33)20-10-11-26(29-16-20)34-15-14-32-12-5-4-6-13-32/h3,7-11,16-19H,1-2,4-6,12-15H2. The predicted molar refractivity (Wildman–Crippen MR) is 137 cm³/mol. The first-order valence-corrected chi connectivity index (χ1v) is 11.6. The van der Waals surface area contributed by atoms with E-state index < -0.39 is 0 Å². The lowest BCUT2D eigenvalue weighted by atomic mass is 10.0. The smallest absolute Gasteiger partial charge is 0.213 e. The SMILES string of the molecule is C=Cc1c(N=C)cccc1-c1cnn2cc(-c3ccc(OCCN4CCCCC4)nc3)cnc12. The van der Waals surface area contributed by atoms with Gasteiger partial charge in [-0.25, -0.2) is 14.5 Å². The van der Waals surface area contributed by atoms with E-state index in [4.69, 9.17) is 9.72 Å². The molecule has 1 saturated heterocycles. The minimum absolute atomic E-state index is 0.642. The van der Waals surface area contributed by atoms with Crippen LogP contribution in [0.5, 0.6) is 5.88 Å². The second kappa shape index (κ2) is 9.97. The van der Waals surface area contributed by atoms with Crippen LogP contribution in [0.4, 0.5) is 5.69 Å². The highest BCUT2D eigenvalue weighted by Gasteiger charge is 2.14. The zero-order valence-corrected chi connectivity index (χ0v) is 19.2. The molecule has 4 heterocycles. The minimum Gasteiger partial charge on any atom is -0.476 e. The third-order valence-electron chi connectivity index (χ3n) is 6.28. The molecule has 1 aliphatic heterocycles. The molecule has 1 aromatic carbocycles. The number of benzene rings is 1. The van der Waals surface area contributed by atoms with Crippen molar-refractivity contribution < 1.29 is 4.74 Å². The molecule has 7 heteroatoms. The van der Waals surface area contributed by atoms with E-state index >= 15 is 0 Å². The molecule has 5 rings (SSSR count). The van der Waals surface area contributed by atoms with E-state index in [0.29, 0.717) is 12.5 Å². The lowest BCUT2D eigenvalue weighted by molar-refractivity contribution is 0.180. The fraction of sp³-hybridized carbons (Fsp3) is 0.259. The second-order valence-electron chi connectivity index (χ2n) is 8.41. The van der Waals surface area contributed by atoms with Crippen LogP contribution in [0.25, 0.3) is 34.0 Å². The number of ether oxygens (including phenoxy) is 1. The van der Waals surface area contributed by atoms with Crippen LogP contribution in [-0.2, 0) is 0 Å². The van der Waals surface area contributed by atoms with Gasteiger partial charge in [-0.15, -0.1) is 0 Å². The summed E-state index contributed by atoms with van der Waals surface area (Å²) in [6.07, 6.45) is 13.2. The van der Waals surface area contributed by atoms with Gasteiger partial charge in [0.15, 0.2) is 5.65 Å². The number of rotatable bonds is 8. The van der Waals surface area contributed by atoms with E-state index in [9.17, 15) is 0 Å². The van der Waals surface area contributed by atoms with Crippen LogP contribution in [0.2, 0.25) is 0 Å². The van der Waals surface area contributed by atoms with Gasteiger partial charge in [-0.2, -0.15) is 5.10 Å². The average molecular weight is 453 g/mol. The molecule has 0 spiro atoms. The quantitative estimate of drug-likeness (QED) is 0.340. The lowest BCUT2D eigenvalue weighted by Crippen LogP contribution is -2.33. The van der Waals surface area contributed by atoms with Gasteiger partial charge in [-0.1, -0.05) is 31.2 Å². The molecule has 0 atom stereocenters. The zero-order valence-electron chi connectivity index (χ0n) is 19.2. The highest BCUT2D eigenvalue weighted by Crippen LogP contribution is 2.34. The summed E-state index contributed by atoms with van der Waals surface area (Å²) in [6.45, 7) is 11.6. The Morgan fingerprint density at radius 3 is 2.59 bits per heavy atom. The minimum atomic E-state index is 0.642. The molecule has 1 aliphatic rings. The number of likely N-dealkylation sites (tertiary alicyclic amines) is 1. The van der Waals surface area contributed by atoms with E-state index in [-0.39, 0.29) is 0 Å². The Morgan fingerprint density at radius 1 is 0.971 bits per heavy atom. The average Bonchev–Trinajstić information content (AvgIpc) is 3.32. The Labute approximate surface area is 199 Å². The summed E-state index contributed by atoms with van der Waals surface area (Å²) in [7, 11) is 0. The van der Waals surface area contributed by atoms with Crippen molar-refractivity contribution in [2.24, 2.45) is 4.99 Å². The Bertz CT molecular complexity index is 1300. The molecule has 4 aromatic rings. The number of fused-ring (bicyclic) bond motifs is 1. The van der Waals surface area contributed by atoms with Gasteiger partial charge < -0.3 is 4.74 Å². The van der Waals surface area contributed by atoms with Gasteiger partial charge in [0, 0.05) is 53.5 Å². The maximum absolute atomic E-state index is 5.86. The van der Waals surface area contributed by atoms with Crippen molar-refractivity contribution in [2.45, 2.75) is 19.3 Å². The highest BCUT2D eigenvalue weighted by molar-refractivity contribution is 5.87. The second-order valence-corrected chi connectivity index (χ2v) is 8.41. The third kappa shape index (κ3) is 4.47. The van der Waals surface area contributed by atoms with Gasteiger partial charge >= 0.3 is 0 Å². The number of hydrogen-bond donors (Lipinski definition) is 0. The van der Waals surface area contributed by atoms with Gasteiger partial charge in [0.25, 0.3) is 0 Å². The molecule has 34 heavy (non-hydrogen) atoms. The summed E-state index contributed by atoms with van der Waals surface area (Å²) in [5.74, 6) is 0.642. The maximum atomic E-state index is 5.86. The molecule has 7 nitrogen and oxygen atoms in total. The van der Waals surface area contributed by atoms with Gasteiger partial charge in [-0.3, -0.25) is 9.89 Å². The molecule has 1 fully saturated rings. The van der Waals surface area contributed by atoms with Crippen LogP contribution in [0, 0.1) is 0 Å². The molecule has 0 unspecified atom stereocenters. The van der Waals surface area contributed by atoms with Crippen molar-refractivity contribution >= 4 is 24.1 Å². The molecule has 0 bridgehead atoms. The number of pyridine rings is 1. The fourth-order valence-electron chi connectivity index (χ4n) is 4.45. The molecule has 0 amide bonds. The first kappa shape index (κ1) is 22.0. The van der Waals surface area contributed by atoms with Crippen LogP contribution in [0.1, 0.15) is 24.8 Å². The van der Waals surface area contributed by atoms with Crippen molar-refractivity contribution in [3.63, 3.8) is 0 Å². The molecule has 172 valence electrons. The molecule has 3 aromatic heterocycles. The van der Waals surface area contributed by atoms with Gasteiger partial charge in [0.1, 0.15) is 6.61 Å². The molecular formula is C27H28N6O. The Hall–Kier alpha value is -3.84. The number of aromatic nitrogens is 4. The van der Waals surface area contributed by atoms with Crippen molar-refractivity contribution in [3.05, 3.63) is 67.3 Å². The van der Waals surface area contributed by atoms with Gasteiger partial charge in [0.05, 0.1) is 11.9 Å². The van der Waals surface area contributed by atoms with E-state index in [2.05, 4.69) is 33.3 Å². The zero-order chi connectivity index (χ0) is 23.3. The van der Waals surface area contributed by atoms with Crippen LogP contribution < -0.4 is 4.74 Å². The molecule has 0 aliphatic carbocycles. The maximum Gasteiger partial charge on any atom is 0.213 e. The summed E-state index contributed by atoms with van der Waals surface area (Å²) in [5, 5.41) is 4.54. The van der Waals surface area contributed by atoms with Crippen molar-refractivity contribution in [1.82, 2.24) is 24.5 Å². The van der Waals surface area contributed by atoms with E-state index in [0.717, 1.165) is 45.7 Å². The summed E-state index contributed by atoms with van der Waals surface area (Å²) < 4.78 is 7.64. The largest absolute Gasteiger partial charge is 0.476 e. The first-order chi connectivity index (χ1) is 16.8. The monoisotopic (exact) mass is 452 g/mol. The third-order valence-corrected chi connectivity index (χ3v) is 6.28. The molecule has 0 saturated carbocycles. The Balaban J connectivity index is 1.32. The normalized spacial score (nSPS) is 14.2. The molecular weight excluding hydrogens is 424 g/mol. The number of hydrogen-bond acceptors (Lipinski definition) is 6. The first-order valence-electron chi connectivity index (χ1n) is 11.6. The predicted octanol–water partition coefficient (Wildman–Crippen LogP) is 5.30. The van der Waals surface area contributed by atoms with Gasteiger partial charge in [-0.05, 0) is 50.3 Å². The summed E-state index contributed by atoms with van der Waals surface area (Å²) >= 11 is 0. The van der Waals surface area contributed by atoms with E-state index in [1.165, 1.54) is 32.4 Å². The lowest BCUT2D eigenvalue weighted by Gasteiger charge is -2.26. The summed E-state index contributed by atoms with van der Waals surface area (Å²) in [4.78, 5) is 15.8. The van der Waals surface area contributed by atoms with Crippen molar-refractivity contribution in [1.29, 1.82) is 0 Å². The van der Waals surface area contributed by atoms with E-state index in [1.54, 1.807) is 10.6 Å². The Kier molecular flexibility index (Phi) is 6.44. The van der Waals surface area contributed by atoms with Crippen molar-refractivity contribution in [2.75, 3.05) is 26.2 Å². The number of nitrogens with zero attached hydrogens (tertiary/aromatic N) is 6. The Morgan fingerprint density at radius 2 is 1.82 bits per heavy atom. The van der Waals surface area contributed by atoms with E-state index in [1.807, 2.05) is 55.1 Å². The van der Waals surface area contributed by atoms with Gasteiger partial charge in [0.2, 0.25) is 5.88 Å². The summed E-state index contributed by atoms with van der Waals surface area (Å²) in [6, 6.07) is 9.80. The van der Waals surface area contributed by atoms with Crippen LogP contribution in [0.3, 0.4) is 0 Å². The fourth-order valence-corrected chi connectivity index (χ4v) is 4.45. The highest BCUT2D eigenvalue weighted by atomic mass is 16.5. The summed E-state index contributed by atoms with van der Waals surface area (Å²) in [5.41, 5.74) is 6.25. The molecule has 0 radical (unpaired) electrons.